The number of tetrazole rings is 1. The van der Waals surface area contributed by atoms with E-state index in [1.54, 1.807) is 19.1 Å². The van der Waals surface area contributed by atoms with Gasteiger partial charge in [0, 0.05) is 11.3 Å². The number of hydrogen-bond donors (Lipinski definition) is 1. The van der Waals surface area contributed by atoms with Gasteiger partial charge in [-0.25, -0.2) is 8.78 Å². The first kappa shape index (κ1) is 15.7. The van der Waals surface area contributed by atoms with Gasteiger partial charge >= 0.3 is 0 Å². The van der Waals surface area contributed by atoms with Gasteiger partial charge in [0.1, 0.15) is 18.2 Å². The third-order valence-electron chi connectivity index (χ3n) is 3.29. The minimum absolute atomic E-state index is 0.196. The Morgan fingerprint density at radius 2 is 1.96 bits per heavy atom. The molecule has 0 spiro atoms. The summed E-state index contributed by atoms with van der Waals surface area (Å²) in [5, 5.41) is 14.2. The van der Waals surface area contributed by atoms with Crippen molar-refractivity contribution in [3.63, 3.8) is 0 Å². The molecule has 0 atom stereocenters. The van der Waals surface area contributed by atoms with Crippen LogP contribution in [0.25, 0.3) is 11.4 Å². The highest BCUT2D eigenvalue weighted by Crippen LogP contribution is 2.16. The molecule has 0 aliphatic carbocycles. The molecule has 2 aromatic carbocycles. The van der Waals surface area contributed by atoms with Crippen LogP contribution in [0.2, 0.25) is 0 Å². The van der Waals surface area contributed by atoms with Gasteiger partial charge in [0.15, 0.2) is 0 Å². The Balaban J connectivity index is 1.70. The summed E-state index contributed by atoms with van der Waals surface area (Å²) in [5.41, 5.74) is 1.57. The van der Waals surface area contributed by atoms with Gasteiger partial charge in [-0.15, -0.1) is 10.2 Å². The summed E-state index contributed by atoms with van der Waals surface area (Å²) < 4.78 is 26.4. The van der Waals surface area contributed by atoms with Crippen LogP contribution in [-0.4, -0.2) is 26.1 Å². The van der Waals surface area contributed by atoms with Crippen molar-refractivity contribution in [2.24, 2.45) is 0 Å². The standard InChI is InChI=1S/C16H13F2N5O/c1-10-5-6-13(18)8-14(10)19-15(24)9-23-21-16(20-22-23)11-3-2-4-12(17)7-11/h2-8H,9H2,1H3,(H,19,24). The molecule has 0 fully saturated rings. The average molecular weight is 329 g/mol. The number of rotatable bonds is 4. The smallest absolute Gasteiger partial charge is 0.248 e. The molecule has 1 N–H and O–H groups in total. The molecular formula is C16H13F2N5O. The van der Waals surface area contributed by atoms with Crippen molar-refractivity contribution >= 4 is 11.6 Å². The number of amides is 1. The first-order valence-electron chi connectivity index (χ1n) is 7.11. The summed E-state index contributed by atoms with van der Waals surface area (Å²) >= 11 is 0. The second-order valence-electron chi connectivity index (χ2n) is 5.16. The molecule has 0 aliphatic rings. The van der Waals surface area contributed by atoms with Crippen LogP contribution in [0.1, 0.15) is 5.56 Å². The third-order valence-corrected chi connectivity index (χ3v) is 3.29. The molecule has 0 bridgehead atoms. The zero-order valence-corrected chi connectivity index (χ0v) is 12.7. The lowest BCUT2D eigenvalue weighted by Crippen LogP contribution is -2.21. The molecule has 3 rings (SSSR count). The lowest BCUT2D eigenvalue weighted by molar-refractivity contribution is -0.117. The molecule has 1 heterocycles. The lowest BCUT2D eigenvalue weighted by Gasteiger charge is -2.07. The number of nitrogens with one attached hydrogen (secondary N) is 1. The Bertz CT molecular complexity index is 894. The third kappa shape index (κ3) is 3.60. The monoisotopic (exact) mass is 329 g/mol. The summed E-state index contributed by atoms with van der Waals surface area (Å²) in [7, 11) is 0. The number of aryl methyl sites for hydroxylation is 1. The van der Waals surface area contributed by atoms with Gasteiger partial charge < -0.3 is 5.32 Å². The van der Waals surface area contributed by atoms with Crippen LogP contribution >= 0.6 is 0 Å². The number of halogens is 2. The number of nitrogens with zero attached hydrogens (tertiary/aromatic N) is 4. The predicted molar refractivity (Wildman–Crippen MR) is 83.0 cm³/mol. The van der Waals surface area contributed by atoms with Crippen LogP contribution in [0, 0.1) is 18.6 Å². The second kappa shape index (κ2) is 6.53. The van der Waals surface area contributed by atoms with Gasteiger partial charge in [0.05, 0.1) is 0 Å². The normalized spacial score (nSPS) is 10.6. The van der Waals surface area contributed by atoms with Crippen LogP contribution < -0.4 is 5.32 Å². The van der Waals surface area contributed by atoms with E-state index < -0.39 is 17.5 Å². The molecule has 122 valence electrons. The number of hydrogen-bond acceptors (Lipinski definition) is 4. The number of aromatic nitrogens is 4. The molecule has 0 radical (unpaired) electrons. The number of carbonyl (C=O) groups is 1. The van der Waals surface area contributed by atoms with Crippen molar-refractivity contribution in [1.82, 2.24) is 20.2 Å². The molecule has 3 aromatic rings. The van der Waals surface area contributed by atoms with Gasteiger partial charge in [-0.2, -0.15) is 4.80 Å². The predicted octanol–water partition coefficient (Wildman–Crippen LogP) is 2.57. The maximum atomic E-state index is 13.2. The molecule has 8 heteroatoms. The fourth-order valence-corrected chi connectivity index (χ4v) is 2.10. The van der Waals surface area contributed by atoms with Gasteiger partial charge in [0.2, 0.25) is 11.7 Å². The summed E-state index contributed by atoms with van der Waals surface area (Å²) in [4.78, 5) is 13.1. The SMILES string of the molecule is Cc1ccc(F)cc1NC(=O)Cn1nnc(-c2cccc(F)c2)n1. The van der Waals surface area contributed by atoms with E-state index in [9.17, 15) is 13.6 Å². The van der Waals surface area contributed by atoms with E-state index in [1.807, 2.05) is 0 Å². The van der Waals surface area contributed by atoms with Crippen molar-refractivity contribution in [2.75, 3.05) is 5.32 Å². The van der Waals surface area contributed by atoms with Crippen LogP contribution in [0.4, 0.5) is 14.5 Å². The highest BCUT2D eigenvalue weighted by atomic mass is 19.1. The molecule has 0 unspecified atom stereocenters. The molecule has 6 nitrogen and oxygen atoms in total. The summed E-state index contributed by atoms with van der Waals surface area (Å²) in [5.74, 6) is -1.07. The van der Waals surface area contributed by atoms with Crippen molar-refractivity contribution in [3.8, 4) is 11.4 Å². The molecule has 0 saturated carbocycles. The first-order valence-corrected chi connectivity index (χ1v) is 7.11. The highest BCUT2D eigenvalue weighted by Gasteiger charge is 2.11. The topological polar surface area (TPSA) is 72.7 Å². The van der Waals surface area contributed by atoms with Crippen LogP contribution in [0.15, 0.2) is 42.5 Å². The van der Waals surface area contributed by atoms with E-state index >= 15 is 0 Å². The largest absolute Gasteiger partial charge is 0.324 e. The molecule has 1 aromatic heterocycles. The molecule has 24 heavy (non-hydrogen) atoms. The van der Waals surface area contributed by atoms with E-state index in [-0.39, 0.29) is 12.4 Å². The number of benzene rings is 2. The maximum Gasteiger partial charge on any atom is 0.248 e. The minimum atomic E-state index is -0.442. The quantitative estimate of drug-likeness (QED) is 0.798. The van der Waals surface area contributed by atoms with Gasteiger partial charge in [-0.1, -0.05) is 18.2 Å². The van der Waals surface area contributed by atoms with Gasteiger partial charge in [-0.3, -0.25) is 4.79 Å². The fourth-order valence-electron chi connectivity index (χ4n) is 2.10. The van der Waals surface area contributed by atoms with Crippen LogP contribution in [0.3, 0.4) is 0 Å². The second-order valence-corrected chi connectivity index (χ2v) is 5.16. The Hall–Kier alpha value is -3.16. The fraction of sp³-hybridized carbons (Fsp3) is 0.125. The van der Waals surface area contributed by atoms with Crippen molar-refractivity contribution in [2.45, 2.75) is 13.5 Å². The summed E-state index contributed by atoms with van der Waals surface area (Å²) in [6.45, 7) is 1.56. The summed E-state index contributed by atoms with van der Waals surface area (Å²) in [6.07, 6.45) is 0. The van der Waals surface area contributed by atoms with Crippen LogP contribution in [0.5, 0.6) is 0 Å². The zero-order valence-electron chi connectivity index (χ0n) is 12.7. The van der Waals surface area contributed by atoms with Gasteiger partial charge in [-0.05, 0) is 42.0 Å². The lowest BCUT2D eigenvalue weighted by atomic mass is 10.2. The van der Waals surface area contributed by atoms with E-state index in [0.29, 0.717) is 11.3 Å². The van der Waals surface area contributed by atoms with E-state index in [4.69, 9.17) is 0 Å². The maximum absolute atomic E-state index is 13.2. The Labute approximate surface area is 136 Å². The summed E-state index contributed by atoms with van der Waals surface area (Å²) in [6, 6.07) is 9.88. The van der Waals surface area contributed by atoms with E-state index in [0.717, 1.165) is 10.4 Å². The molecule has 0 saturated heterocycles. The van der Waals surface area contributed by atoms with Crippen molar-refractivity contribution < 1.29 is 13.6 Å². The van der Waals surface area contributed by atoms with Crippen molar-refractivity contribution in [3.05, 3.63) is 59.7 Å². The first-order chi connectivity index (χ1) is 11.5. The average Bonchev–Trinajstić information content (AvgIpc) is 2.99. The Kier molecular flexibility index (Phi) is 4.28. The Morgan fingerprint density at radius 3 is 2.75 bits per heavy atom. The van der Waals surface area contributed by atoms with Crippen LogP contribution in [-0.2, 0) is 11.3 Å². The minimum Gasteiger partial charge on any atom is -0.324 e. The van der Waals surface area contributed by atoms with E-state index in [2.05, 4.69) is 20.7 Å². The van der Waals surface area contributed by atoms with E-state index in [1.165, 1.54) is 30.3 Å². The highest BCUT2D eigenvalue weighted by molar-refractivity contribution is 5.91. The zero-order chi connectivity index (χ0) is 17.1. The number of anilines is 1. The van der Waals surface area contributed by atoms with Crippen molar-refractivity contribution in [1.29, 1.82) is 0 Å². The Morgan fingerprint density at radius 1 is 1.17 bits per heavy atom. The molecular weight excluding hydrogens is 316 g/mol. The molecule has 1 amide bonds. The number of carbonyl (C=O) groups excluding carboxylic acids is 1. The molecule has 0 aliphatic heterocycles. The van der Waals surface area contributed by atoms with Gasteiger partial charge in [0.25, 0.3) is 0 Å².